The molecule has 10 heteroatoms. The number of benzene rings is 2. The van der Waals surface area contributed by atoms with E-state index >= 15 is 0 Å². The van der Waals surface area contributed by atoms with Gasteiger partial charge in [-0.1, -0.05) is 58.6 Å². The summed E-state index contributed by atoms with van der Waals surface area (Å²) in [5, 5.41) is 2.55. The van der Waals surface area contributed by atoms with Gasteiger partial charge in [0.1, 0.15) is 6.54 Å². The summed E-state index contributed by atoms with van der Waals surface area (Å²) < 4.78 is 0. The number of carbonyl (C=O) groups is 4. The van der Waals surface area contributed by atoms with Crippen LogP contribution >= 0.6 is 46.4 Å². The molecule has 3 fully saturated rings. The number of nitrogens with zero attached hydrogens (tertiary/aromatic N) is 2. The van der Waals surface area contributed by atoms with Crippen LogP contribution in [-0.4, -0.2) is 40.1 Å². The Hall–Kier alpha value is -2.38. The van der Waals surface area contributed by atoms with Gasteiger partial charge in [-0.25, -0.2) is 5.01 Å². The van der Waals surface area contributed by atoms with Crippen LogP contribution in [0.15, 0.2) is 48.6 Å². The van der Waals surface area contributed by atoms with Crippen molar-refractivity contribution in [3.8, 4) is 0 Å². The van der Waals surface area contributed by atoms with Crippen LogP contribution in [0.25, 0.3) is 0 Å². The molecule has 2 bridgehead atoms. The van der Waals surface area contributed by atoms with Crippen molar-refractivity contribution < 1.29 is 19.2 Å². The van der Waals surface area contributed by atoms with E-state index in [-0.39, 0.29) is 33.0 Å². The van der Waals surface area contributed by atoms with Crippen LogP contribution in [0.3, 0.4) is 0 Å². The van der Waals surface area contributed by atoms with Crippen LogP contribution in [0.1, 0.15) is 27.1 Å². The molecule has 1 aliphatic heterocycles. The number of hydrogen-bond acceptors (Lipinski definition) is 4. The molecule has 6 nitrogen and oxygen atoms in total. The first-order valence-electron chi connectivity index (χ1n) is 11.5. The molecule has 4 aliphatic carbocycles. The molecule has 2 aromatic rings. The average molecular weight is 564 g/mol. The molecule has 0 spiro atoms. The summed E-state index contributed by atoms with van der Waals surface area (Å²) in [6, 6.07) is 8.61. The Morgan fingerprint density at radius 1 is 0.806 bits per heavy atom. The normalized spacial score (nSPS) is 29.3. The minimum Gasteiger partial charge on any atom is -0.292 e. The van der Waals surface area contributed by atoms with Gasteiger partial charge in [0.25, 0.3) is 17.7 Å². The summed E-state index contributed by atoms with van der Waals surface area (Å²) in [6.45, 7) is -0.592. The van der Waals surface area contributed by atoms with Crippen LogP contribution in [0.5, 0.6) is 0 Å². The third-order valence-corrected chi connectivity index (χ3v) is 8.90. The van der Waals surface area contributed by atoms with Crippen molar-refractivity contribution in [2.24, 2.45) is 35.5 Å². The Kier molecular flexibility index (Phi) is 5.72. The molecule has 0 radical (unpaired) electrons. The van der Waals surface area contributed by atoms with Crippen molar-refractivity contribution in [2.75, 3.05) is 6.54 Å². The minimum absolute atomic E-state index is 0.00971. The SMILES string of the molecule is O=C(CN(C(=O)c1ccc(Cl)cc1Cl)N1C(=O)[C@@H]2[C@H]3C=C[C@@H]([C@@H]4C[C@@H]34)[C@H]2C1=O)c1ccc(Cl)cc1Cl. The van der Waals surface area contributed by atoms with Gasteiger partial charge in [0.2, 0.25) is 0 Å². The van der Waals surface area contributed by atoms with Gasteiger partial charge in [0.15, 0.2) is 5.78 Å². The molecule has 0 aromatic heterocycles. The van der Waals surface area contributed by atoms with E-state index in [4.69, 9.17) is 46.4 Å². The lowest BCUT2D eigenvalue weighted by Gasteiger charge is -2.37. The lowest BCUT2D eigenvalue weighted by Crippen LogP contribution is -2.52. The zero-order valence-corrected chi connectivity index (χ0v) is 21.6. The highest BCUT2D eigenvalue weighted by Crippen LogP contribution is 2.65. The molecule has 2 aromatic carbocycles. The molecule has 184 valence electrons. The van der Waals surface area contributed by atoms with E-state index in [1.54, 1.807) is 0 Å². The molecule has 0 N–H and O–H groups in total. The Morgan fingerprint density at radius 2 is 1.31 bits per heavy atom. The number of carbonyl (C=O) groups excluding carboxylic acids is 4. The molecule has 6 atom stereocenters. The van der Waals surface area contributed by atoms with Crippen LogP contribution in [0, 0.1) is 35.5 Å². The first kappa shape index (κ1) is 24.0. The molecular formula is C26H18Cl4N2O4. The number of Topliss-reactive ketones (excluding diaryl/α,β-unsaturated/α-hetero) is 1. The second-order valence-electron chi connectivity index (χ2n) is 9.68. The van der Waals surface area contributed by atoms with Crippen molar-refractivity contribution in [3.05, 3.63) is 79.8 Å². The summed E-state index contributed by atoms with van der Waals surface area (Å²) in [6.07, 6.45) is 5.08. The number of imide groups is 1. The van der Waals surface area contributed by atoms with E-state index in [2.05, 4.69) is 0 Å². The van der Waals surface area contributed by atoms with Gasteiger partial charge in [-0.2, -0.15) is 5.01 Å². The summed E-state index contributed by atoms with van der Waals surface area (Å²) in [7, 11) is 0. The number of hydrogen-bond donors (Lipinski definition) is 0. The average Bonchev–Trinajstić information content (AvgIpc) is 3.61. The van der Waals surface area contributed by atoms with Crippen LogP contribution in [0.4, 0.5) is 0 Å². The third kappa shape index (κ3) is 3.61. The highest BCUT2D eigenvalue weighted by atomic mass is 35.5. The number of hydrazine groups is 1. The maximum absolute atomic E-state index is 13.7. The van der Waals surface area contributed by atoms with Crippen molar-refractivity contribution in [1.29, 1.82) is 0 Å². The van der Waals surface area contributed by atoms with E-state index < -0.39 is 41.9 Å². The summed E-state index contributed by atoms with van der Waals surface area (Å²) in [5.74, 6) is -2.64. The van der Waals surface area contributed by atoms with Gasteiger partial charge in [-0.3, -0.25) is 19.2 Å². The lowest BCUT2D eigenvalue weighted by atomic mass is 9.63. The topological polar surface area (TPSA) is 74.8 Å². The minimum atomic E-state index is -0.763. The fourth-order valence-corrected chi connectivity index (χ4v) is 7.15. The van der Waals surface area contributed by atoms with Gasteiger partial charge in [-0.05, 0) is 66.5 Å². The molecule has 2 saturated carbocycles. The lowest BCUT2D eigenvalue weighted by molar-refractivity contribution is -0.154. The monoisotopic (exact) mass is 562 g/mol. The zero-order valence-electron chi connectivity index (χ0n) is 18.5. The zero-order chi connectivity index (χ0) is 25.5. The molecular weight excluding hydrogens is 546 g/mol. The van der Waals surface area contributed by atoms with Gasteiger partial charge in [0, 0.05) is 15.6 Å². The van der Waals surface area contributed by atoms with Crippen molar-refractivity contribution in [1.82, 2.24) is 10.0 Å². The fourth-order valence-electron chi connectivity index (χ4n) is 6.15. The second kappa shape index (κ2) is 8.59. The highest BCUT2D eigenvalue weighted by molar-refractivity contribution is 6.37. The van der Waals surface area contributed by atoms with Crippen LogP contribution < -0.4 is 0 Å². The number of rotatable bonds is 5. The van der Waals surface area contributed by atoms with Crippen LogP contribution in [0.2, 0.25) is 20.1 Å². The Balaban J connectivity index is 1.39. The van der Waals surface area contributed by atoms with Gasteiger partial charge < -0.3 is 0 Å². The van der Waals surface area contributed by atoms with Crippen molar-refractivity contribution in [3.63, 3.8) is 0 Å². The molecule has 1 heterocycles. The van der Waals surface area contributed by atoms with E-state index in [0.717, 1.165) is 16.4 Å². The maximum atomic E-state index is 13.7. The molecule has 5 aliphatic rings. The van der Waals surface area contributed by atoms with E-state index in [0.29, 0.717) is 21.9 Å². The van der Waals surface area contributed by atoms with Gasteiger partial charge >= 0.3 is 0 Å². The van der Waals surface area contributed by atoms with Crippen molar-refractivity contribution >= 4 is 69.9 Å². The number of ketones is 1. The first-order chi connectivity index (χ1) is 17.2. The second-order valence-corrected chi connectivity index (χ2v) is 11.4. The molecule has 7 rings (SSSR count). The van der Waals surface area contributed by atoms with Gasteiger partial charge in [0.05, 0.1) is 27.4 Å². The van der Waals surface area contributed by atoms with E-state index in [1.165, 1.54) is 36.4 Å². The largest absolute Gasteiger partial charge is 0.292 e. The first-order valence-corrected chi connectivity index (χ1v) is 13.0. The number of halogens is 4. The van der Waals surface area contributed by atoms with Crippen LogP contribution in [-0.2, 0) is 9.59 Å². The third-order valence-electron chi connectivity index (χ3n) is 7.80. The predicted octanol–water partition coefficient (Wildman–Crippen LogP) is 5.59. The van der Waals surface area contributed by atoms with E-state index in [9.17, 15) is 19.2 Å². The molecule has 3 amide bonds. The maximum Gasteiger partial charge on any atom is 0.274 e. The number of allylic oxidation sites excluding steroid dienone is 2. The Morgan fingerprint density at radius 3 is 1.81 bits per heavy atom. The highest BCUT2D eigenvalue weighted by Gasteiger charge is 2.68. The number of amides is 3. The Bertz CT molecular complexity index is 1360. The Labute approximate surface area is 226 Å². The molecule has 1 saturated heterocycles. The standard InChI is InChI=1S/C26H18Cl4N2O4/c27-11-1-3-15(19(29)7-11)21(33)10-31(24(34)16-4-2-12(28)8-20(16)30)32-25(35)22-13-5-6-14(18-9-17(13)18)23(22)26(32)36/h1-8,13-14,17-18,22-23H,9-10H2/t13-,14-,17-,18-,22+,23+/m0/s1. The van der Waals surface area contributed by atoms with E-state index in [1.807, 2.05) is 12.2 Å². The fraction of sp³-hybridized carbons (Fsp3) is 0.308. The smallest absolute Gasteiger partial charge is 0.274 e. The molecule has 36 heavy (non-hydrogen) atoms. The summed E-state index contributed by atoms with van der Waals surface area (Å²) in [5.41, 5.74) is 0.121. The summed E-state index contributed by atoms with van der Waals surface area (Å²) >= 11 is 24.5. The molecule has 0 unspecified atom stereocenters. The predicted molar refractivity (Wildman–Crippen MR) is 135 cm³/mol. The summed E-state index contributed by atoms with van der Waals surface area (Å²) in [4.78, 5) is 54.5. The van der Waals surface area contributed by atoms with Crippen molar-refractivity contribution in [2.45, 2.75) is 6.42 Å². The quantitative estimate of drug-likeness (QED) is 0.270. The van der Waals surface area contributed by atoms with Gasteiger partial charge in [-0.15, -0.1) is 0 Å².